The summed E-state index contributed by atoms with van der Waals surface area (Å²) in [6.45, 7) is 0. The molecule has 0 aromatic heterocycles. The Balaban J connectivity index is 2.26. The third-order valence-electron chi connectivity index (χ3n) is 1.73. The first kappa shape index (κ1) is 11.8. The molecule has 0 radical (unpaired) electrons. The summed E-state index contributed by atoms with van der Waals surface area (Å²) >= 11 is 1.58. The highest BCUT2D eigenvalue weighted by Gasteiger charge is 2.07. The predicted molar refractivity (Wildman–Crippen MR) is 61.8 cm³/mol. The fourth-order valence-electron chi connectivity index (χ4n) is 0.949. The molecule has 0 bridgehead atoms. The fourth-order valence-corrected chi connectivity index (χ4v) is 2.67. The second kappa shape index (κ2) is 6.25. The molecular formula is C9H14NO2PS. The van der Waals surface area contributed by atoms with E-state index < -0.39 is 13.8 Å². The van der Waals surface area contributed by atoms with Crippen LogP contribution in [0.25, 0.3) is 0 Å². The molecule has 0 aliphatic heterocycles. The number of nitrogens with two attached hydrogens (primary N) is 1. The topological polar surface area (TPSA) is 63.3 Å². The monoisotopic (exact) mass is 231 g/mol. The van der Waals surface area contributed by atoms with Gasteiger partial charge in [0.25, 0.3) is 0 Å². The van der Waals surface area contributed by atoms with E-state index in [4.69, 9.17) is 10.6 Å². The van der Waals surface area contributed by atoms with Gasteiger partial charge in [0.2, 0.25) is 8.03 Å². The largest absolute Gasteiger partial charge is 0.345 e. The van der Waals surface area contributed by atoms with Gasteiger partial charge in [-0.05, 0) is 5.56 Å². The van der Waals surface area contributed by atoms with Crippen molar-refractivity contribution < 1.29 is 9.46 Å². The van der Waals surface area contributed by atoms with Gasteiger partial charge < -0.3 is 10.6 Å². The van der Waals surface area contributed by atoms with Crippen LogP contribution in [0.2, 0.25) is 0 Å². The summed E-state index contributed by atoms with van der Waals surface area (Å²) in [5, 5.41) is 0. The summed E-state index contributed by atoms with van der Waals surface area (Å²) in [5.74, 6) is 0.793. The maximum absolute atomic E-state index is 10.6. The van der Waals surface area contributed by atoms with Gasteiger partial charge in [-0.3, -0.25) is 4.57 Å². The Hall–Kier alpha value is -0.280. The molecule has 0 fully saturated rings. The average molecular weight is 231 g/mol. The van der Waals surface area contributed by atoms with E-state index in [9.17, 15) is 4.57 Å². The molecule has 14 heavy (non-hydrogen) atoms. The van der Waals surface area contributed by atoms with Crippen LogP contribution in [0.4, 0.5) is 0 Å². The Bertz CT molecular complexity index is 294. The maximum Gasteiger partial charge on any atom is 0.206 e. The molecule has 0 spiro atoms. The van der Waals surface area contributed by atoms with E-state index in [2.05, 4.69) is 0 Å². The van der Waals surface area contributed by atoms with Crippen LogP contribution in [-0.4, -0.2) is 16.4 Å². The molecule has 0 aliphatic rings. The number of thioether (sulfide) groups is 1. The quantitative estimate of drug-likeness (QED) is 0.757. The summed E-state index contributed by atoms with van der Waals surface area (Å²) < 4.78 is 10.6. The number of rotatable bonds is 5. The van der Waals surface area contributed by atoms with Crippen LogP contribution >= 0.6 is 19.8 Å². The number of hydrogen-bond donors (Lipinski definition) is 2. The van der Waals surface area contributed by atoms with Gasteiger partial charge in [0.1, 0.15) is 0 Å². The highest BCUT2D eigenvalue weighted by molar-refractivity contribution is 7.98. The highest BCUT2D eigenvalue weighted by atomic mass is 32.2. The van der Waals surface area contributed by atoms with Crippen molar-refractivity contribution in [2.75, 3.05) is 5.75 Å². The van der Waals surface area contributed by atoms with E-state index in [0.717, 1.165) is 5.75 Å². The Labute approximate surface area is 88.6 Å². The molecule has 3 N–H and O–H groups in total. The molecule has 0 amide bonds. The first-order valence-electron chi connectivity index (χ1n) is 4.30. The van der Waals surface area contributed by atoms with Crippen LogP contribution in [0.1, 0.15) is 5.56 Å². The van der Waals surface area contributed by atoms with Gasteiger partial charge in [-0.15, -0.1) is 0 Å². The van der Waals surface area contributed by atoms with Gasteiger partial charge in [-0.2, -0.15) is 11.8 Å². The SMILES string of the molecule is NC(CSCc1ccccc1)[PH](=O)O. The van der Waals surface area contributed by atoms with Crippen molar-refractivity contribution in [1.29, 1.82) is 0 Å². The smallest absolute Gasteiger partial charge is 0.206 e. The van der Waals surface area contributed by atoms with Crippen molar-refractivity contribution in [3.8, 4) is 0 Å². The Morgan fingerprint density at radius 1 is 1.43 bits per heavy atom. The van der Waals surface area contributed by atoms with Crippen molar-refractivity contribution in [3.05, 3.63) is 35.9 Å². The average Bonchev–Trinajstić information content (AvgIpc) is 2.19. The summed E-state index contributed by atoms with van der Waals surface area (Å²) in [7, 11) is -2.56. The van der Waals surface area contributed by atoms with E-state index >= 15 is 0 Å². The van der Waals surface area contributed by atoms with Gasteiger partial charge in [0.05, 0.1) is 5.78 Å². The van der Waals surface area contributed by atoms with Gasteiger partial charge >= 0.3 is 0 Å². The minimum absolute atomic E-state index is 0.531. The molecule has 3 nitrogen and oxygen atoms in total. The molecule has 0 saturated carbocycles. The molecule has 5 heteroatoms. The first-order chi connectivity index (χ1) is 6.70. The van der Waals surface area contributed by atoms with Crippen LogP contribution in [0.3, 0.4) is 0 Å². The normalized spacial score (nSPS) is 15.0. The molecule has 2 unspecified atom stereocenters. The van der Waals surface area contributed by atoms with Crippen molar-refractivity contribution in [2.24, 2.45) is 5.73 Å². The predicted octanol–water partition coefficient (Wildman–Crippen LogP) is 1.67. The van der Waals surface area contributed by atoms with E-state index in [1.807, 2.05) is 30.3 Å². The maximum atomic E-state index is 10.6. The third-order valence-corrected chi connectivity index (χ3v) is 3.99. The van der Waals surface area contributed by atoms with Crippen molar-refractivity contribution in [2.45, 2.75) is 11.5 Å². The van der Waals surface area contributed by atoms with Crippen LogP contribution in [0.5, 0.6) is 0 Å². The van der Waals surface area contributed by atoms with Crippen LogP contribution in [0.15, 0.2) is 30.3 Å². The standard InChI is InChI=1S/C9H14NO2PS/c10-9(13(11)12)7-14-6-8-4-2-1-3-5-8/h1-5,9,13H,6-7,10H2,(H,11,12). The second-order valence-corrected chi connectivity index (χ2v) is 5.39. The van der Waals surface area contributed by atoms with Gasteiger partial charge in [0.15, 0.2) is 0 Å². The van der Waals surface area contributed by atoms with Crippen LogP contribution in [0, 0.1) is 0 Å². The van der Waals surface area contributed by atoms with Crippen molar-refractivity contribution in [1.82, 2.24) is 0 Å². The van der Waals surface area contributed by atoms with Crippen molar-refractivity contribution >= 4 is 19.8 Å². The van der Waals surface area contributed by atoms with Crippen LogP contribution < -0.4 is 5.73 Å². The van der Waals surface area contributed by atoms with E-state index in [1.165, 1.54) is 5.56 Å². The van der Waals surface area contributed by atoms with Crippen molar-refractivity contribution in [3.63, 3.8) is 0 Å². The lowest BCUT2D eigenvalue weighted by Gasteiger charge is -2.06. The Kier molecular flexibility index (Phi) is 5.26. The number of hydrogen-bond acceptors (Lipinski definition) is 3. The molecule has 2 atom stereocenters. The van der Waals surface area contributed by atoms with Gasteiger partial charge in [-0.25, -0.2) is 0 Å². The molecule has 1 aromatic carbocycles. The molecule has 78 valence electrons. The lowest BCUT2D eigenvalue weighted by atomic mass is 10.2. The zero-order valence-electron chi connectivity index (χ0n) is 7.72. The Morgan fingerprint density at radius 3 is 2.64 bits per heavy atom. The molecule has 0 heterocycles. The highest BCUT2D eigenvalue weighted by Crippen LogP contribution is 2.23. The summed E-state index contributed by atoms with van der Waals surface area (Å²) in [6, 6.07) is 9.97. The second-order valence-electron chi connectivity index (χ2n) is 2.95. The van der Waals surface area contributed by atoms with E-state index in [1.54, 1.807) is 11.8 Å². The molecule has 0 saturated heterocycles. The number of benzene rings is 1. The van der Waals surface area contributed by atoms with E-state index in [0.29, 0.717) is 5.75 Å². The van der Waals surface area contributed by atoms with Gasteiger partial charge in [-0.1, -0.05) is 30.3 Å². The fraction of sp³-hybridized carbons (Fsp3) is 0.333. The zero-order valence-corrected chi connectivity index (χ0v) is 9.54. The minimum Gasteiger partial charge on any atom is -0.345 e. The summed E-state index contributed by atoms with van der Waals surface area (Å²) in [4.78, 5) is 8.73. The minimum atomic E-state index is -2.56. The lowest BCUT2D eigenvalue weighted by molar-refractivity contribution is 0.493. The molecule has 1 aromatic rings. The van der Waals surface area contributed by atoms with Gasteiger partial charge in [0, 0.05) is 11.5 Å². The molecular weight excluding hydrogens is 217 g/mol. The summed E-state index contributed by atoms with van der Waals surface area (Å²) in [5.41, 5.74) is 6.65. The zero-order chi connectivity index (χ0) is 10.4. The van der Waals surface area contributed by atoms with E-state index in [-0.39, 0.29) is 0 Å². The first-order valence-corrected chi connectivity index (χ1v) is 6.89. The van der Waals surface area contributed by atoms with Crippen LogP contribution in [-0.2, 0) is 10.3 Å². The molecule has 1 rings (SSSR count). The Morgan fingerprint density at radius 2 is 2.07 bits per heavy atom. The lowest BCUT2D eigenvalue weighted by Crippen LogP contribution is -2.17. The molecule has 0 aliphatic carbocycles. The third kappa shape index (κ3) is 4.29. The summed E-state index contributed by atoms with van der Waals surface area (Å²) in [6.07, 6.45) is 0.